The number of rotatable bonds is 5. The second kappa shape index (κ2) is 6.15. The molecular weight excluding hydrogens is 269 g/mol. The molecule has 0 heterocycles. The summed E-state index contributed by atoms with van der Waals surface area (Å²) in [4.78, 5) is 1.69. The van der Waals surface area contributed by atoms with Crippen LogP contribution < -0.4 is 10.6 Å². The first-order valence-corrected chi connectivity index (χ1v) is 5.58. The van der Waals surface area contributed by atoms with Crippen LogP contribution in [0, 0.1) is 0 Å². The summed E-state index contributed by atoms with van der Waals surface area (Å²) >= 11 is 5.82. The highest BCUT2D eigenvalue weighted by Crippen LogP contribution is 2.25. The van der Waals surface area contributed by atoms with Gasteiger partial charge in [0, 0.05) is 18.6 Å². The van der Waals surface area contributed by atoms with Crippen molar-refractivity contribution in [2.45, 2.75) is 6.18 Å². The fourth-order valence-corrected chi connectivity index (χ4v) is 1.52. The molecule has 0 saturated heterocycles. The quantitative estimate of drug-likeness (QED) is 0.667. The minimum Gasteiger partial charge on any atom is -0.397 e. The molecule has 7 heteroatoms. The van der Waals surface area contributed by atoms with Gasteiger partial charge in [-0.25, -0.2) is 0 Å². The summed E-state index contributed by atoms with van der Waals surface area (Å²) in [6, 6.07) is 4.94. The SMILES string of the molecule is CN(CCOCC(F)(F)F)c1cc(Cl)ccc1N. The van der Waals surface area contributed by atoms with Gasteiger partial charge in [0.25, 0.3) is 0 Å². The molecule has 3 nitrogen and oxygen atoms in total. The first-order chi connectivity index (χ1) is 8.29. The zero-order valence-corrected chi connectivity index (χ0v) is 10.6. The van der Waals surface area contributed by atoms with Gasteiger partial charge in [0.1, 0.15) is 6.61 Å². The Labute approximate surface area is 108 Å². The number of hydrogen-bond acceptors (Lipinski definition) is 3. The highest BCUT2D eigenvalue weighted by Gasteiger charge is 2.27. The molecule has 1 aromatic carbocycles. The Morgan fingerprint density at radius 2 is 2.06 bits per heavy atom. The Hall–Kier alpha value is -1.14. The largest absolute Gasteiger partial charge is 0.411 e. The number of anilines is 2. The summed E-state index contributed by atoms with van der Waals surface area (Å²) in [6.07, 6.45) is -4.30. The van der Waals surface area contributed by atoms with Gasteiger partial charge in [0.15, 0.2) is 0 Å². The van der Waals surface area contributed by atoms with E-state index in [1.54, 1.807) is 30.1 Å². The molecule has 0 amide bonds. The van der Waals surface area contributed by atoms with E-state index in [0.29, 0.717) is 22.9 Å². The number of nitrogens with zero attached hydrogens (tertiary/aromatic N) is 1. The van der Waals surface area contributed by atoms with Crippen molar-refractivity contribution in [1.82, 2.24) is 0 Å². The lowest BCUT2D eigenvalue weighted by molar-refractivity contribution is -0.173. The lowest BCUT2D eigenvalue weighted by Gasteiger charge is -2.21. The third-order valence-corrected chi connectivity index (χ3v) is 2.48. The van der Waals surface area contributed by atoms with Gasteiger partial charge in [-0.1, -0.05) is 11.6 Å². The molecule has 2 N–H and O–H groups in total. The molecule has 0 atom stereocenters. The van der Waals surface area contributed by atoms with E-state index in [4.69, 9.17) is 17.3 Å². The molecule has 0 aliphatic carbocycles. The van der Waals surface area contributed by atoms with Crippen molar-refractivity contribution < 1.29 is 17.9 Å². The number of hydrogen-bond donors (Lipinski definition) is 1. The topological polar surface area (TPSA) is 38.5 Å². The summed E-state index contributed by atoms with van der Waals surface area (Å²) in [5.74, 6) is 0. The van der Waals surface area contributed by atoms with Crippen LogP contribution in [0.3, 0.4) is 0 Å². The second-order valence-corrected chi connectivity index (χ2v) is 4.23. The molecular formula is C11H14ClF3N2O. The van der Waals surface area contributed by atoms with Crippen LogP contribution in [0.1, 0.15) is 0 Å². The van der Waals surface area contributed by atoms with Gasteiger partial charge in [0.2, 0.25) is 0 Å². The van der Waals surface area contributed by atoms with Crippen LogP contribution in [0.5, 0.6) is 0 Å². The molecule has 0 bridgehead atoms. The van der Waals surface area contributed by atoms with Crippen LogP contribution in [-0.2, 0) is 4.74 Å². The molecule has 0 aliphatic heterocycles. The Kier molecular flexibility index (Phi) is 5.10. The van der Waals surface area contributed by atoms with E-state index in [2.05, 4.69) is 4.74 Å². The van der Waals surface area contributed by atoms with E-state index in [0.717, 1.165) is 0 Å². The van der Waals surface area contributed by atoms with E-state index >= 15 is 0 Å². The summed E-state index contributed by atoms with van der Waals surface area (Å²) in [5, 5.41) is 0.516. The van der Waals surface area contributed by atoms with E-state index in [1.807, 2.05) is 0 Å². The van der Waals surface area contributed by atoms with Crippen molar-refractivity contribution in [3.63, 3.8) is 0 Å². The van der Waals surface area contributed by atoms with Crippen molar-refractivity contribution in [3.05, 3.63) is 23.2 Å². The summed E-state index contributed by atoms with van der Waals surface area (Å²) in [6.45, 7) is -0.992. The number of alkyl halides is 3. The predicted octanol–water partition coefficient (Wildman–Crippen LogP) is 2.94. The normalized spacial score (nSPS) is 11.6. The molecule has 0 aromatic heterocycles. The van der Waals surface area contributed by atoms with Crippen LogP contribution in [-0.4, -0.2) is 33.0 Å². The maximum absolute atomic E-state index is 11.8. The number of likely N-dealkylation sites (N-methyl/N-ethyl adjacent to an activating group) is 1. The fourth-order valence-electron chi connectivity index (χ4n) is 1.36. The van der Waals surface area contributed by atoms with E-state index in [-0.39, 0.29) is 6.61 Å². The average molecular weight is 283 g/mol. The molecule has 18 heavy (non-hydrogen) atoms. The molecule has 0 spiro atoms. The average Bonchev–Trinajstić information content (AvgIpc) is 2.26. The molecule has 1 rings (SSSR count). The first-order valence-electron chi connectivity index (χ1n) is 5.20. The van der Waals surface area contributed by atoms with Crippen molar-refractivity contribution in [1.29, 1.82) is 0 Å². The van der Waals surface area contributed by atoms with Crippen molar-refractivity contribution in [3.8, 4) is 0 Å². The van der Waals surface area contributed by atoms with Crippen LogP contribution in [0.25, 0.3) is 0 Å². The lowest BCUT2D eigenvalue weighted by atomic mass is 10.2. The van der Waals surface area contributed by atoms with Crippen LogP contribution in [0.4, 0.5) is 24.5 Å². The molecule has 102 valence electrons. The molecule has 1 aromatic rings. The molecule has 0 radical (unpaired) electrons. The Morgan fingerprint density at radius 3 is 2.67 bits per heavy atom. The summed E-state index contributed by atoms with van der Waals surface area (Å²) < 4.78 is 40.1. The van der Waals surface area contributed by atoms with Crippen LogP contribution in [0.15, 0.2) is 18.2 Å². The number of benzene rings is 1. The Morgan fingerprint density at radius 1 is 1.39 bits per heavy atom. The second-order valence-electron chi connectivity index (χ2n) is 3.79. The third-order valence-electron chi connectivity index (χ3n) is 2.24. The van der Waals surface area contributed by atoms with Crippen molar-refractivity contribution in [2.75, 3.05) is 37.4 Å². The van der Waals surface area contributed by atoms with E-state index < -0.39 is 12.8 Å². The molecule has 0 saturated carbocycles. The maximum Gasteiger partial charge on any atom is 0.411 e. The standard InChI is InChI=1S/C11H14ClF3N2O/c1-17(4-5-18-7-11(13,14)15)10-6-8(12)2-3-9(10)16/h2-3,6H,4-5,7,16H2,1H3. The predicted molar refractivity (Wildman–Crippen MR) is 66.0 cm³/mol. The smallest absolute Gasteiger partial charge is 0.397 e. The van der Waals surface area contributed by atoms with Crippen LogP contribution in [0.2, 0.25) is 5.02 Å². The lowest BCUT2D eigenvalue weighted by Crippen LogP contribution is -2.26. The Bertz CT molecular complexity index is 398. The monoisotopic (exact) mass is 282 g/mol. The van der Waals surface area contributed by atoms with Gasteiger partial charge in [-0.05, 0) is 18.2 Å². The number of nitrogen functional groups attached to an aromatic ring is 1. The highest BCUT2D eigenvalue weighted by molar-refractivity contribution is 6.31. The minimum absolute atomic E-state index is 0.0397. The number of halogens is 4. The zero-order chi connectivity index (χ0) is 13.8. The fraction of sp³-hybridized carbons (Fsp3) is 0.455. The van der Waals surface area contributed by atoms with Gasteiger partial charge < -0.3 is 15.4 Å². The van der Waals surface area contributed by atoms with Crippen molar-refractivity contribution in [2.24, 2.45) is 0 Å². The number of ether oxygens (including phenoxy) is 1. The summed E-state index contributed by atoms with van der Waals surface area (Å²) in [5.41, 5.74) is 6.92. The van der Waals surface area contributed by atoms with Gasteiger partial charge in [-0.15, -0.1) is 0 Å². The molecule has 0 unspecified atom stereocenters. The van der Waals surface area contributed by atoms with Gasteiger partial charge in [-0.2, -0.15) is 13.2 Å². The van der Waals surface area contributed by atoms with E-state index in [1.165, 1.54) is 0 Å². The van der Waals surface area contributed by atoms with Gasteiger partial charge in [-0.3, -0.25) is 0 Å². The zero-order valence-electron chi connectivity index (χ0n) is 9.80. The number of nitrogens with two attached hydrogens (primary N) is 1. The van der Waals surface area contributed by atoms with Gasteiger partial charge in [0.05, 0.1) is 18.0 Å². The summed E-state index contributed by atoms with van der Waals surface area (Å²) in [7, 11) is 1.71. The highest BCUT2D eigenvalue weighted by atomic mass is 35.5. The van der Waals surface area contributed by atoms with Crippen LogP contribution >= 0.6 is 11.6 Å². The van der Waals surface area contributed by atoms with Crippen molar-refractivity contribution >= 4 is 23.0 Å². The third kappa shape index (κ3) is 5.01. The molecule has 0 aliphatic rings. The van der Waals surface area contributed by atoms with Gasteiger partial charge >= 0.3 is 6.18 Å². The maximum atomic E-state index is 11.8. The molecule has 0 fully saturated rings. The van der Waals surface area contributed by atoms with E-state index in [9.17, 15) is 13.2 Å². The first kappa shape index (κ1) is 14.9. The minimum atomic E-state index is -4.30. The Balaban J connectivity index is 2.45.